The van der Waals surface area contributed by atoms with Gasteiger partial charge in [-0.25, -0.2) is 8.78 Å². The lowest BCUT2D eigenvalue weighted by molar-refractivity contribution is -0.128. The normalized spacial score (nSPS) is 18.2. The van der Waals surface area contributed by atoms with Crippen molar-refractivity contribution in [3.63, 3.8) is 0 Å². The number of carbonyl (C=O) groups excluding carboxylic acids is 1. The van der Waals surface area contributed by atoms with Gasteiger partial charge in [-0.15, -0.1) is 24.2 Å². The lowest BCUT2D eigenvalue weighted by Crippen LogP contribution is -2.31. The maximum absolute atomic E-state index is 13.9. The van der Waals surface area contributed by atoms with E-state index in [2.05, 4.69) is 0 Å². The van der Waals surface area contributed by atoms with Crippen molar-refractivity contribution in [2.24, 2.45) is 0 Å². The van der Waals surface area contributed by atoms with Gasteiger partial charge in [0.2, 0.25) is 5.91 Å². The van der Waals surface area contributed by atoms with Crippen LogP contribution in [0.4, 0.5) is 8.78 Å². The first-order valence-corrected chi connectivity index (χ1v) is 7.55. The SMILES string of the molecule is CN(C)CCCN1C(=O)CSC1c1cccc(F)c1F.Cl. The molecule has 21 heavy (non-hydrogen) atoms. The van der Waals surface area contributed by atoms with Gasteiger partial charge in [0.1, 0.15) is 5.37 Å². The zero-order valence-corrected chi connectivity index (χ0v) is 13.6. The number of benzene rings is 1. The monoisotopic (exact) mass is 336 g/mol. The Balaban J connectivity index is 0.00000220. The van der Waals surface area contributed by atoms with Crippen LogP contribution in [0, 0.1) is 11.6 Å². The van der Waals surface area contributed by atoms with Crippen LogP contribution in [0.3, 0.4) is 0 Å². The van der Waals surface area contributed by atoms with Gasteiger partial charge in [-0.05, 0) is 33.1 Å². The van der Waals surface area contributed by atoms with Crippen LogP contribution < -0.4 is 0 Å². The zero-order valence-electron chi connectivity index (χ0n) is 12.0. The number of hydrogen-bond acceptors (Lipinski definition) is 3. The Morgan fingerprint density at radius 1 is 1.38 bits per heavy atom. The molecule has 1 aliphatic rings. The molecule has 3 nitrogen and oxygen atoms in total. The molecule has 1 atom stereocenters. The van der Waals surface area contributed by atoms with Crippen LogP contribution in [-0.4, -0.2) is 48.6 Å². The highest BCUT2D eigenvalue weighted by molar-refractivity contribution is 8.00. The molecule has 1 heterocycles. The standard InChI is InChI=1S/C14H18F2N2OS.ClH/c1-17(2)7-4-8-18-12(19)9-20-14(18)10-5-3-6-11(15)13(10)16;/h3,5-6,14H,4,7-9H2,1-2H3;1H. The van der Waals surface area contributed by atoms with Gasteiger partial charge in [0, 0.05) is 12.1 Å². The number of amides is 1. The van der Waals surface area contributed by atoms with Gasteiger partial charge in [-0.1, -0.05) is 12.1 Å². The van der Waals surface area contributed by atoms with E-state index in [4.69, 9.17) is 0 Å². The van der Waals surface area contributed by atoms with Crippen LogP contribution in [0.15, 0.2) is 18.2 Å². The first kappa shape index (κ1) is 18.2. The van der Waals surface area contributed by atoms with E-state index in [1.54, 1.807) is 11.0 Å². The smallest absolute Gasteiger partial charge is 0.233 e. The predicted octanol–water partition coefficient (Wildman–Crippen LogP) is 2.91. The number of halogens is 3. The summed E-state index contributed by atoms with van der Waals surface area (Å²) < 4.78 is 27.2. The van der Waals surface area contributed by atoms with Gasteiger partial charge in [0.05, 0.1) is 5.75 Å². The molecule has 0 saturated carbocycles. The van der Waals surface area contributed by atoms with Crippen molar-refractivity contribution < 1.29 is 13.6 Å². The van der Waals surface area contributed by atoms with Crippen LogP contribution in [0.5, 0.6) is 0 Å². The van der Waals surface area contributed by atoms with Crippen molar-refractivity contribution in [1.82, 2.24) is 9.80 Å². The number of rotatable bonds is 5. The largest absolute Gasteiger partial charge is 0.326 e. The lowest BCUT2D eigenvalue weighted by Gasteiger charge is -2.25. The minimum Gasteiger partial charge on any atom is -0.326 e. The molecule has 118 valence electrons. The molecule has 0 radical (unpaired) electrons. The van der Waals surface area contributed by atoms with Gasteiger partial charge >= 0.3 is 0 Å². The van der Waals surface area contributed by atoms with E-state index in [0.717, 1.165) is 19.0 Å². The number of carbonyl (C=O) groups is 1. The summed E-state index contributed by atoms with van der Waals surface area (Å²) in [6, 6.07) is 4.12. The molecule has 0 bridgehead atoms. The summed E-state index contributed by atoms with van der Waals surface area (Å²) >= 11 is 1.35. The number of thioether (sulfide) groups is 1. The van der Waals surface area contributed by atoms with E-state index in [-0.39, 0.29) is 23.9 Å². The van der Waals surface area contributed by atoms with E-state index >= 15 is 0 Å². The Morgan fingerprint density at radius 2 is 2.10 bits per heavy atom. The molecular weight excluding hydrogens is 318 g/mol. The van der Waals surface area contributed by atoms with E-state index in [1.807, 2.05) is 19.0 Å². The summed E-state index contributed by atoms with van der Waals surface area (Å²) in [7, 11) is 3.93. The molecule has 1 amide bonds. The first-order chi connectivity index (χ1) is 9.50. The minimum atomic E-state index is -0.865. The Labute approximate surface area is 134 Å². The fourth-order valence-electron chi connectivity index (χ4n) is 2.22. The topological polar surface area (TPSA) is 23.6 Å². The van der Waals surface area contributed by atoms with E-state index < -0.39 is 17.0 Å². The molecule has 1 aromatic rings. The van der Waals surface area contributed by atoms with E-state index in [1.165, 1.54) is 17.8 Å². The van der Waals surface area contributed by atoms with Crippen molar-refractivity contribution in [3.8, 4) is 0 Å². The molecule has 2 rings (SSSR count). The van der Waals surface area contributed by atoms with Gasteiger partial charge in [0.25, 0.3) is 0 Å². The van der Waals surface area contributed by atoms with Crippen molar-refractivity contribution >= 4 is 30.1 Å². The van der Waals surface area contributed by atoms with Gasteiger partial charge in [-0.3, -0.25) is 4.79 Å². The molecule has 1 aliphatic heterocycles. The molecule has 0 aliphatic carbocycles. The van der Waals surface area contributed by atoms with Crippen molar-refractivity contribution in [1.29, 1.82) is 0 Å². The Morgan fingerprint density at radius 3 is 2.76 bits per heavy atom. The molecule has 0 aromatic heterocycles. The van der Waals surface area contributed by atoms with Crippen LogP contribution in [-0.2, 0) is 4.79 Å². The second-order valence-corrected chi connectivity index (χ2v) is 6.12. The Bertz CT molecular complexity index is 502. The lowest BCUT2D eigenvalue weighted by atomic mass is 10.2. The molecule has 1 saturated heterocycles. The fraction of sp³-hybridized carbons (Fsp3) is 0.500. The van der Waals surface area contributed by atoms with Crippen molar-refractivity contribution in [2.75, 3.05) is 32.9 Å². The zero-order chi connectivity index (χ0) is 14.7. The van der Waals surface area contributed by atoms with Crippen LogP contribution >= 0.6 is 24.2 Å². The maximum atomic E-state index is 13.9. The number of hydrogen-bond donors (Lipinski definition) is 0. The molecule has 7 heteroatoms. The maximum Gasteiger partial charge on any atom is 0.233 e. The predicted molar refractivity (Wildman–Crippen MR) is 83.7 cm³/mol. The Kier molecular flexibility index (Phi) is 6.90. The summed E-state index contributed by atoms with van der Waals surface area (Å²) in [5.74, 6) is -1.40. The Hall–Kier alpha value is -0.850. The molecule has 1 fully saturated rings. The number of nitrogens with zero attached hydrogens (tertiary/aromatic N) is 2. The second kappa shape index (κ2) is 7.96. The average molecular weight is 337 g/mol. The quantitative estimate of drug-likeness (QED) is 0.826. The fourth-order valence-corrected chi connectivity index (χ4v) is 3.45. The van der Waals surface area contributed by atoms with Crippen LogP contribution in [0.2, 0.25) is 0 Å². The van der Waals surface area contributed by atoms with Crippen LogP contribution in [0.25, 0.3) is 0 Å². The highest BCUT2D eigenvalue weighted by atomic mass is 35.5. The highest BCUT2D eigenvalue weighted by Gasteiger charge is 2.34. The van der Waals surface area contributed by atoms with Crippen molar-refractivity contribution in [3.05, 3.63) is 35.4 Å². The highest BCUT2D eigenvalue weighted by Crippen LogP contribution is 2.39. The molecule has 0 spiro atoms. The third kappa shape index (κ3) is 4.31. The van der Waals surface area contributed by atoms with Crippen molar-refractivity contribution in [2.45, 2.75) is 11.8 Å². The summed E-state index contributed by atoms with van der Waals surface area (Å²) in [4.78, 5) is 15.6. The first-order valence-electron chi connectivity index (χ1n) is 6.50. The minimum absolute atomic E-state index is 0. The second-order valence-electron chi connectivity index (χ2n) is 5.05. The summed E-state index contributed by atoms with van der Waals surface area (Å²) in [5.41, 5.74) is 0.255. The summed E-state index contributed by atoms with van der Waals surface area (Å²) in [6.45, 7) is 1.41. The van der Waals surface area contributed by atoms with Gasteiger partial charge in [-0.2, -0.15) is 0 Å². The molecular formula is C14H19ClF2N2OS. The van der Waals surface area contributed by atoms with Crippen LogP contribution in [0.1, 0.15) is 17.4 Å². The average Bonchev–Trinajstić information content (AvgIpc) is 2.74. The van der Waals surface area contributed by atoms with E-state index in [0.29, 0.717) is 12.3 Å². The summed E-state index contributed by atoms with van der Waals surface area (Å²) in [5, 5.41) is -0.416. The molecule has 1 unspecified atom stereocenters. The summed E-state index contributed by atoms with van der Waals surface area (Å²) in [6.07, 6.45) is 0.812. The third-order valence-electron chi connectivity index (χ3n) is 3.22. The molecule has 0 N–H and O–H groups in total. The third-order valence-corrected chi connectivity index (χ3v) is 4.46. The van der Waals surface area contributed by atoms with Gasteiger partial charge in [0.15, 0.2) is 11.6 Å². The molecule has 1 aromatic carbocycles. The van der Waals surface area contributed by atoms with E-state index in [9.17, 15) is 13.6 Å². The van der Waals surface area contributed by atoms with Gasteiger partial charge < -0.3 is 9.80 Å².